The van der Waals surface area contributed by atoms with Gasteiger partial charge in [-0.25, -0.2) is 9.67 Å². The van der Waals surface area contributed by atoms with Crippen LogP contribution in [0.5, 0.6) is 0 Å². The van der Waals surface area contributed by atoms with Crippen molar-refractivity contribution in [1.82, 2.24) is 44.6 Å². The molecule has 272 valence electrons. The van der Waals surface area contributed by atoms with Crippen LogP contribution >= 0.6 is 14.7 Å². The Morgan fingerprint density at radius 2 is 1.00 bits per heavy atom. The summed E-state index contributed by atoms with van der Waals surface area (Å²) in [6.45, 7) is 6.15. The van der Waals surface area contributed by atoms with Gasteiger partial charge in [0.05, 0.1) is 48.1 Å². The molecule has 0 saturated carbocycles. The molecule has 13 nitrogen and oxygen atoms in total. The van der Waals surface area contributed by atoms with Crippen molar-refractivity contribution in [3.8, 4) is 11.4 Å². The molecule has 0 amide bonds. The average molecular weight is 742 g/mol. The molecule has 2 aromatic carbocycles. The van der Waals surface area contributed by atoms with Gasteiger partial charge in [0.25, 0.3) is 0 Å². The van der Waals surface area contributed by atoms with Gasteiger partial charge in [0.1, 0.15) is 5.69 Å². The third kappa shape index (κ3) is 9.36. The van der Waals surface area contributed by atoms with Crippen molar-refractivity contribution in [3.63, 3.8) is 0 Å². The van der Waals surface area contributed by atoms with Crippen LogP contribution in [0, 0.1) is 0 Å². The highest BCUT2D eigenvalue weighted by Crippen LogP contribution is 2.41. The monoisotopic (exact) mass is 741 g/mol. The first-order valence-electron chi connectivity index (χ1n) is 17.6. The summed E-state index contributed by atoms with van der Waals surface area (Å²) in [6, 6.07) is 29.7. The first-order chi connectivity index (χ1) is 25.2. The van der Waals surface area contributed by atoms with E-state index in [0.717, 1.165) is 28.5 Å². The highest BCUT2D eigenvalue weighted by Gasteiger charge is 2.29. The molecule has 2 N–H and O–H groups in total. The lowest BCUT2D eigenvalue weighted by Gasteiger charge is -2.35. The van der Waals surface area contributed by atoms with E-state index in [0.29, 0.717) is 82.6 Å². The summed E-state index contributed by atoms with van der Waals surface area (Å²) in [6.07, 6.45) is 1.80. The van der Waals surface area contributed by atoms with Crippen LogP contribution in [0.2, 0.25) is 0 Å². The Hall–Kier alpha value is -3.90. The first kappa shape index (κ1) is 36.5. The molecule has 1 fully saturated rings. The lowest BCUT2D eigenvalue weighted by molar-refractivity contribution is 0.138. The van der Waals surface area contributed by atoms with Crippen LogP contribution in [-0.4, -0.2) is 119 Å². The summed E-state index contributed by atoms with van der Waals surface area (Å²) < 4.78 is 29.4. The van der Waals surface area contributed by atoms with E-state index < -0.39 is 14.7 Å². The molecule has 0 aliphatic carbocycles. The van der Waals surface area contributed by atoms with Gasteiger partial charge in [-0.3, -0.25) is 33.7 Å². The van der Waals surface area contributed by atoms with Crippen LogP contribution < -0.4 is 10.6 Å². The summed E-state index contributed by atoms with van der Waals surface area (Å²) in [5, 5.41) is 9.46. The summed E-state index contributed by atoms with van der Waals surface area (Å²) in [4.78, 5) is 41.5. The number of aromatic nitrogens is 5. The van der Waals surface area contributed by atoms with E-state index in [4.69, 9.17) is 9.97 Å². The molecule has 1 saturated heterocycles. The Balaban J connectivity index is 1.25. The van der Waals surface area contributed by atoms with Gasteiger partial charge in [0, 0.05) is 76.1 Å². The minimum Gasteiger partial charge on any atom is -0.340 e. The molecule has 2 unspecified atom stereocenters. The van der Waals surface area contributed by atoms with Crippen molar-refractivity contribution in [2.75, 3.05) is 64.9 Å². The van der Waals surface area contributed by atoms with Gasteiger partial charge in [-0.05, 0) is 48.5 Å². The van der Waals surface area contributed by atoms with E-state index in [1.165, 1.54) is 0 Å². The van der Waals surface area contributed by atoms with Crippen LogP contribution in [0.1, 0.15) is 17.1 Å². The summed E-state index contributed by atoms with van der Waals surface area (Å²) in [5.41, 5.74) is 4.12. The maximum Gasteiger partial charge on any atom is 0.243 e. The number of hydrogen-bond acceptors (Lipinski definition) is 10. The summed E-state index contributed by atoms with van der Waals surface area (Å²) >= 11 is 0. The second kappa shape index (κ2) is 16.4. The maximum atomic E-state index is 13.8. The van der Waals surface area contributed by atoms with Crippen molar-refractivity contribution in [2.24, 2.45) is 0 Å². The molecule has 8 rings (SSSR count). The van der Waals surface area contributed by atoms with Crippen molar-refractivity contribution < 1.29 is 18.9 Å². The predicted molar refractivity (Wildman–Crippen MR) is 202 cm³/mol. The SMILES string of the molecule is O=P(O)(CN1CCN2CCN(CP(=O)(O)c3ccccc3)CCN(CC1)Cc1cccc(n1)-c1cnnn1Cc1cccc(n1)C2)c1ccccc1. The van der Waals surface area contributed by atoms with Crippen LogP contribution in [0.4, 0.5) is 0 Å². The molecule has 15 heteroatoms. The molecule has 2 atom stereocenters. The van der Waals surface area contributed by atoms with Crippen LogP contribution in [0.15, 0.2) is 103 Å². The third-order valence-corrected chi connectivity index (χ3v) is 13.4. The van der Waals surface area contributed by atoms with Crippen LogP contribution in [0.3, 0.4) is 0 Å². The number of rotatable bonds is 6. The predicted octanol–water partition coefficient (Wildman–Crippen LogP) is 3.13. The molecule has 0 spiro atoms. The molecule has 6 heterocycles. The lowest BCUT2D eigenvalue weighted by atomic mass is 10.2. The smallest absolute Gasteiger partial charge is 0.243 e. The van der Waals surface area contributed by atoms with E-state index in [1.54, 1.807) is 54.7 Å². The van der Waals surface area contributed by atoms with Gasteiger partial charge >= 0.3 is 0 Å². The largest absolute Gasteiger partial charge is 0.340 e. The van der Waals surface area contributed by atoms with Gasteiger partial charge in [0.15, 0.2) is 0 Å². The second-order valence-corrected chi connectivity index (χ2v) is 18.0. The number of pyridine rings is 2. The Morgan fingerprint density at radius 3 is 1.52 bits per heavy atom. The highest BCUT2D eigenvalue weighted by atomic mass is 31.2. The molecule has 3 aliphatic heterocycles. The van der Waals surface area contributed by atoms with Gasteiger partial charge in [-0.15, -0.1) is 5.10 Å². The molecule has 5 aromatic rings. The molecular weight excluding hydrogens is 696 g/mol. The van der Waals surface area contributed by atoms with Crippen molar-refractivity contribution >= 4 is 25.3 Å². The van der Waals surface area contributed by atoms with E-state index in [9.17, 15) is 18.9 Å². The van der Waals surface area contributed by atoms with E-state index in [2.05, 4.69) is 29.9 Å². The quantitative estimate of drug-likeness (QED) is 0.247. The van der Waals surface area contributed by atoms with Crippen molar-refractivity contribution in [1.29, 1.82) is 0 Å². The highest BCUT2D eigenvalue weighted by molar-refractivity contribution is 7.66. The first-order valence-corrected chi connectivity index (χ1v) is 21.3. The lowest BCUT2D eigenvalue weighted by Crippen LogP contribution is -2.46. The minimum absolute atomic E-state index is 0.0358. The Bertz CT molecular complexity index is 1960. The Labute approximate surface area is 304 Å². The van der Waals surface area contributed by atoms with Gasteiger partial charge < -0.3 is 9.79 Å². The molecular formula is C37H45N9O4P2. The molecule has 52 heavy (non-hydrogen) atoms. The number of benzene rings is 2. The zero-order valence-corrected chi connectivity index (χ0v) is 30.9. The number of hydrogen-bond donors (Lipinski definition) is 2. The third-order valence-electron chi connectivity index (χ3n) is 9.67. The average Bonchev–Trinajstić information content (AvgIpc) is 3.61. The van der Waals surface area contributed by atoms with Gasteiger partial charge in [-0.2, -0.15) is 0 Å². The fourth-order valence-electron chi connectivity index (χ4n) is 6.81. The molecule has 3 aliphatic rings. The Morgan fingerprint density at radius 1 is 0.538 bits per heavy atom. The zero-order chi connectivity index (χ0) is 36.0. The summed E-state index contributed by atoms with van der Waals surface area (Å²) in [7, 11) is -7.36. The van der Waals surface area contributed by atoms with Gasteiger partial charge in [0.2, 0.25) is 14.7 Å². The number of fused-ring (bicyclic) bond motifs is 8. The molecule has 6 bridgehead atoms. The topological polar surface area (TPSA) is 144 Å². The molecule has 3 aromatic heterocycles. The fourth-order valence-corrected chi connectivity index (χ4v) is 10.1. The zero-order valence-electron chi connectivity index (χ0n) is 29.1. The summed E-state index contributed by atoms with van der Waals surface area (Å²) in [5.74, 6) is 0. The van der Waals surface area contributed by atoms with Crippen molar-refractivity contribution in [3.05, 3.63) is 120 Å². The second-order valence-electron chi connectivity index (χ2n) is 13.6. The van der Waals surface area contributed by atoms with E-state index >= 15 is 0 Å². The minimum atomic E-state index is -3.68. The van der Waals surface area contributed by atoms with Crippen LogP contribution in [-0.2, 0) is 28.8 Å². The van der Waals surface area contributed by atoms with Crippen molar-refractivity contribution in [2.45, 2.75) is 19.6 Å². The maximum absolute atomic E-state index is 13.8. The molecule has 0 radical (unpaired) electrons. The van der Waals surface area contributed by atoms with E-state index in [-0.39, 0.29) is 12.6 Å². The number of nitrogens with zero attached hydrogens (tertiary/aromatic N) is 9. The van der Waals surface area contributed by atoms with E-state index in [1.807, 2.05) is 53.2 Å². The normalized spacial score (nSPS) is 21.7. The van der Waals surface area contributed by atoms with Crippen LogP contribution in [0.25, 0.3) is 11.4 Å². The Kier molecular flexibility index (Phi) is 11.5. The van der Waals surface area contributed by atoms with Gasteiger partial charge in [-0.1, -0.05) is 53.7 Å². The fraction of sp³-hybridized carbons (Fsp3) is 0.351. The standard InChI is InChI=1S/C37H45N9O4P2/c47-51(48,34-12-3-1-4-13-34)29-44-21-17-42-18-22-45(30-52(49,50)35-14-5-2-6-15-35)24-20-43(19-23-44)27-32-11-8-16-36(40-32)37-25-38-41-46(37)28-33-10-7-9-31(26-42)39-33/h1-16,25H,17-24,26-30H2,(H,47,48)(H,49,50).